The maximum absolute atomic E-state index is 10.5. The fourth-order valence-corrected chi connectivity index (χ4v) is 1.40. The van der Waals surface area contributed by atoms with E-state index in [2.05, 4.69) is 0 Å². The average molecular weight is 231 g/mol. The Labute approximate surface area is 86.5 Å². The highest BCUT2D eigenvalue weighted by molar-refractivity contribution is 7.85. The molecule has 15 heavy (non-hydrogen) atoms. The number of aryl methyl sites for hydroxylation is 1. The van der Waals surface area contributed by atoms with Gasteiger partial charge in [0.05, 0.1) is 11.3 Å². The van der Waals surface area contributed by atoms with Gasteiger partial charge in [-0.25, -0.2) is 17.8 Å². The fourth-order valence-electron chi connectivity index (χ4n) is 0.966. The Morgan fingerprint density at radius 2 is 1.93 bits per heavy atom. The predicted molar refractivity (Wildman–Crippen MR) is 48.2 cm³/mol. The summed E-state index contributed by atoms with van der Waals surface area (Å²) in [5, 5.41) is 8.58. The summed E-state index contributed by atoms with van der Waals surface area (Å²) < 4.78 is 32.4. The largest absolute Gasteiger partial charge is 0.748 e. The third kappa shape index (κ3) is 4.05. The molecule has 6 nitrogen and oxygen atoms in total. The van der Waals surface area contributed by atoms with E-state index in [1.165, 1.54) is 29.1 Å². The van der Waals surface area contributed by atoms with Crippen molar-refractivity contribution >= 4 is 16.1 Å². The minimum absolute atomic E-state index is 0.0196. The molecule has 0 bridgehead atoms. The lowest BCUT2D eigenvalue weighted by molar-refractivity contribution is -0.692. The van der Waals surface area contributed by atoms with Gasteiger partial charge in [-0.2, -0.15) is 0 Å². The van der Waals surface area contributed by atoms with Crippen molar-refractivity contribution in [3.05, 3.63) is 30.1 Å². The molecule has 0 unspecified atom stereocenters. The van der Waals surface area contributed by atoms with Gasteiger partial charge in [-0.15, -0.1) is 0 Å². The Morgan fingerprint density at radius 1 is 1.40 bits per heavy atom. The van der Waals surface area contributed by atoms with Crippen LogP contribution < -0.4 is 4.57 Å². The molecule has 82 valence electrons. The molecule has 0 atom stereocenters. The van der Waals surface area contributed by atoms with Crippen LogP contribution in [0.4, 0.5) is 0 Å². The number of carboxylic acids is 1. The first-order valence-corrected chi connectivity index (χ1v) is 5.62. The van der Waals surface area contributed by atoms with Crippen molar-refractivity contribution in [3.63, 3.8) is 0 Å². The van der Waals surface area contributed by atoms with Crippen LogP contribution in [0.1, 0.15) is 10.4 Å². The zero-order valence-electron chi connectivity index (χ0n) is 7.66. The molecule has 0 aliphatic carbocycles. The molecular formula is C8H9NO5S. The molecule has 7 heteroatoms. The normalized spacial score (nSPS) is 11.3. The van der Waals surface area contributed by atoms with Crippen LogP contribution in [0.3, 0.4) is 0 Å². The second-order valence-corrected chi connectivity index (χ2v) is 4.42. The zero-order chi connectivity index (χ0) is 11.5. The minimum Gasteiger partial charge on any atom is -0.748 e. The Kier molecular flexibility index (Phi) is 3.38. The Bertz CT molecular complexity index is 450. The standard InChI is InChI=1S/C8H9NO5S/c10-8(11)7-1-3-9(4-2-7)5-6-15(12,13)14/h1-4H,5-6H2,(H-,10,11,12,13,14). The summed E-state index contributed by atoms with van der Waals surface area (Å²) in [4.78, 5) is 10.5. The van der Waals surface area contributed by atoms with E-state index >= 15 is 0 Å². The first-order valence-electron chi connectivity index (χ1n) is 4.04. The van der Waals surface area contributed by atoms with Gasteiger partial charge < -0.3 is 9.66 Å². The summed E-state index contributed by atoms with van der Waals surface area (Å²) in [7, 11) is -4.24. The number of carboxylic acid groups (broad SMARTS) is 1. The first-order chi connectivity index (χ1) is 6.88. The van der Waals surface area contributed by atoms with Gasteiger partial charge in [0.2, 0.25) is 0 Å². The lowest BCUT2D eigenvalue weighted by Crippen LogP contribution is -2.36. The van der Waals surface area contributed by atoms with Crippen LogP contribution in [-0.2, 0) is 16.7 Å². The van der Waals surface area contributed by atoms with Crippen LogP contribution in [0, 0.1) is 0 Å². The lowest BCUT2D eigenvalue weighted by atomic mass is 10.3. The van der Waals surface area contributed by atoms with Gasteiger partial charge in [-0.05, 0) is 0 Å². The van der Waals surface area contributed by atoms with Crippen LogP contribution in [0.25, 0.3) is 0 Å². The number of rotatable bonds is 4. The third-order valence-corrected chi connectivity index (χ3v) is 2.42. The summed E-state index contributed by atoms with van der Waals surface area (Å²) in [6.45, 7) is 0.0196. The molecule has 1 N–H and O–H groups in total. The molecule has 0 saturated carbocycles. The van der Waals surface area contributed by atoms with Gasteiger partial charge in [0, 0.05) is 12.1 Å². The fraction of sp³-hybridized carbons (Fsp3) is 0.250. The monoisotopic (exact) mass is 231 g/mol. The average Bonchev–Trinajstić information content (AvgIpc) is 2.14. The number of nitrogens with zero attached hydrogens (tertiary/aromatic N) is 1. The minimum atomic E-state index is -4.24. The summed E-state index contributed by atoms with van der Waals surface area (Å²) in [5.74, 6) is -1.57. The topological polar surface area (TPSA) is 98.4 Å². The van der Waals surface area contributed by atoms with E-state index in [1.807, 2.05) is 0 Å². The van der Waals surface area contributed by atoms with Crippen molar-refractivity contribution < 1.29 is 27.4 Å². The molecule has 0 saturated heterocycles. The summed E-state index contributed by atoms with van der Waals surface area (Å²) in [5.41, 5.74) is 0.108. The van der Waals surface area contributed by atoms with Gasteiger partial charge >= 0.3 is 5.97 Å². The van der Waals surface area contributed by atoms with Gasteiger partial charge in [0.1, 0.15) is 10.1 Å². The van der Waals surface area contributed by atoms with Crippen LogP contribution in [0.2, 0.25) is 0 Å². The van der Waals surface area contributed by atoms with Gasteiger partial charge in [-0.3, -0.25) is 0 Å². The molecular weight excluding hydrogens is 222 g/mol. The molecule has 0 amide bonds. The Morgan fingerprint density at radius 3 is 2.33 bits per heavy atom. The maximum Gasteiger partial charge on any atom is 0.336 e. The van der Waals surface area contributed by atoms with Crippen LogP contribution in [0.5, 0.6) is 0 Å². The summed E-state index contributed by atoms with van der Waals surface area (Å²) in [6, 6.07) is 2.67. The number of carbonyl (C=O) groups is 1. The third-order valence-electron chi connectivity index (χ3n) is 1.74. The van der Waals surface area contributed by atoms with Gasteiger partial charge in [0.15, 0.2) is 18.9 Å². The quantitative estimate of drug-likeness (QED) is 0.541. The summed E-state index contributed by atoms with van der Waals surface area (Å²) >= 11 is 0. The SMILES string of the molecule is O=C(O)c1cc[n+](CCS(=O)(=O)[O-])cc1. The lowest BCUT2D eigenvalue weighted by Gasteiger charge is -2.03. The molecule has 0 spiro atoms. The number of hydrogen-bond donors (Lipinski definition) is 1. The van der Waals surface area contributed by atoms with E-state index in [4.69, 9.17) is 5.11 Å². The maximum atomic E-state index is 10.5. The molecule has 1 rings (SSSR count). The number of aromatic nitrogens is 1. The first kappa shape index (κ1) is 11.6. The molecule has 1 aromatic rings. The van der Waals surface area contributed by atoms with Gasteiger partial charge in [-0.1, -0.05) is 0 Å². The second-order valence-electron chi connectivity index (χ2n) is 2.89. The highest BCUT2D eigenvalue weighted by Gasteiger charge is 2.07. The van der Waals surface area contributed by atoms with E-state index in [0.29, 0.717) is 0 Å². The molecule has 0 aromatic carbocycles. The second kappa shape index (κ2) is 4.37. The molecule has 1 heterocycles. The molecule has 0 aliphatic rings. The van der Waals surface area contributed by atoms with E-state index in [0.717, 1.165) is 0 Å². The molecule has 0 radical (unpaired) electrons. The van der Waals surface area contributed by atoms with E-state index in [9.17, 15) is 17.8 Å². The van der Waals surface area contributed by atoms with Crippen LogP contribution in [-0.4, -0.2) is 29.8 Å². The number of aromatic carboxylic acids is 1. The van der Waals surface area contributed by atoms with E-state index in [-0.39, 0.29) is 12.1 Å². The van der Waals surface area contributed by atoms with Crippen molar-refractivity contribution in [3.8, 4) is 0 Å². The Hall–Kier alpha value is -1.47. The predicted octanol–water partition coefficient (Wildman–Crippen LogP) is -0.782. The van der Waals surface area contributed by atoms with Crippen molar-refractivity contribution in [2.75, 3.05) is 5.75 Å². The summed E-state index contributed by atoms with van der Waals surface area (Å²) in [6.07, 6.45) is 2.82. The Balaban J connectivity index is 2.69. The highest BCUT2D eigenvalue weighted by atomic mass is 32.2. The van der Waals surface area contributed by atoms with Crippen molar-refractivity contribution in [1.29, 1.82) is 0 Å². The van der Waals surface area contributed by atoms with E-state index in [1.54, 1.807) is 0 Å². The molecule has 1 aromatic heterocycles. The number of hydrogen-bond acceptors (Lipinski definition) is 4. The van der Waals surface area contributed by atoms with Gasteiger partial charge in [0.25, 0.3) is 0 Å². The zero-order valence-corrected chi connectivity index (χ0v) is 8.48. The van der Waals surface area contributed by atoms with Crippen LogP contribution in [0.15, 0.2) is 24.5 Å². The van der Waals surface area contributed by atoms with Crippen LogP contribution >= 0.6 is 0 Å². The molecule has 0 aliphatic heterocycles. The van der Waals surface area contributed by atoms with Crippen molar-refractivity contribution in [1.82, 2.24) is 0 Å². The van der Waals surface area contributed by atoms with Crippen molar-refractivity contribution in [2.24, 2.45) is 0 Å². The smallest absolute Gasteiger partial charge is 0.336 e. The number of pyridine rings is 1. The van der Waals surface area contributed by atoms with Crippen molar-refractivity contribution in [2.45, 2.75) is 6.54 Å². The van der Waals surface area contributed by atoms with E-state index < -0.39 is 21.8 Å². The molecule has 0 fully saturated rings. The highest BCUT2D eigenvalue weighted by Crippen LogP contribution is 1.94.